The zero-order valence-corrected chi connectivity index (χ0v) is 11.1. The number of nitrogens with zero attached hydrogens (tertiary/aromatic N) is 2. The molecule has 1 amide bonds. The molecule has 0 spiro atoms. The van der Waals surface area contributed by atoms with Gasteiger partial charge in [0.15, 0.2) is 0 Å². The number of nitrogens with two attached hydrogens (primary N) is 1. The number of piperazine rings is 1. The van der Waals surface area contributed by atoms with E-state index in [4.69, 9.17) is 18.0 Å². The van der Waals surface area contributed by atoms with Crippen LogP contribution in [0.2, 0.25) is 0 Å². The molecule has 0 bridgehead atoms. The van der Waals surface area contributed by atoms with Crippen molar-refractivity contribution in [2.45, 2.75) is 32.7 Å². The number of thiocarbonyl (C=S) groups is 1. The van der Waals surface area contributed by atoms with Crippen molar-refractivity contribution in [2.75, 3.05) is 26.2 Å². The highest BCUT2D eigenvalue weighted by Crippen LogP contribution is 2.17. The SMILES string of the molecule is CCC(=O)N1CCN(C(C)(C)C(N)=S)CC1. The summed E-state index contributed by atoms with van der Waals surface area (Å²) in [5.41, 5.74) is 5.48. The molecule has 92 valence electrons. The van der Waals surface area contributed by atoms with Gasteiger partial charge in [0.1, 0.15) is 0 Å². The summed E-state index contributed by atoms with van der Waals surface area (Å²) < 4.78 is 0. The lowest BCUT2D eigenvalue weighted by Gasteiger charge is -2.43. The molecule has 0 unspecified atom stereocenters. The lowest BCUT2D eigenvalue weighted by molar-refractivity contribution is -0.133. The first-order valence-corrected chi connectivity index (χ1v) is 6.13. The second-order valence-electron chi connectivity index (χ2n) is 4.64. The van der Waals surface area contributed by atoms with Crippen molar-refractivity contribution >= 4 is 23.1 Å². The van der Waals surface area contributed by atoms with Gasteiger partial charge in [-0.25, -0.2) is 0 Å². The Morgan fingerprint density at radius 3 is 2.19 bits per heavy atom. The third-order valence-corrected chi connectivity index (χ3v) is 3.83. The molecule has 0 aromatic heterocycles. The van der Waals surface area contributed by atoms with Gasteiger partial charge in [-0.15, -0.1) is 0 Å². The Kier molecular flexibility index (Phi) is 4.27. The van der Waals surface area contributed by atoms with Crippen molar-refractivity contribution in [3.05, 3.63) is 0 Å². The van der Waals surface area contributed by atoms with E-state index in [1.165, 1.54) is 0 Å². The fraction of sp³-hybridized carbons (Fsp3) is 0.818. The summed E-state index contributed by atoms with van der Waals surface area (Å²) in [6, 6.07) is 0. The Hall–Kier alpha value is -0.680. The minimum atomic E-state index is -0.253. The van der Waals surface area contributed by atoms with Crippen LogP contribution >= 0.6 is 12.2 Å². The van der Waals surface area contributed by atoms with Crippen LogP contribution in [0, 0.1) is 0 Å². The standard InChI is InChI=1S/C11H21N3OS/c1-4-9(15)13-5-7-14(8-6-13)11(2,3)10(12)16/h4-8H2,1-3H3,(H2,12,16). The third-order valence-electron chi connectivity index (χ3n) is 3.33. The van der Waals surface area contributed by atoms with Crippen LogP contribution in [0.15, 0.2) is 0 Å². The summed E-state index contributed by atoms with van der Waals surface area (Å²) in [5, 5.41) is 0. The van der Waals surface area contributed by atoms with Gasteiger partial charge in [-0.1, -0.05) is 19.1 Å². The van der Waals surface area contributed by atoms with Crippen LogP contribution in [0.1, 0.15) is 27.2 Å². The molecule has 1 heterocycles. The molecule has 0 aromatic rings. The van der Waals surface area contributed by atoms with Crippen LogP contribution in [-0.4, -0.2) is 52.4 Å². The quantitative estimate of drug-likeness (QED) is 0.738. The number of carbonyl (C=O) groups is 1. The minimum absolute atomic E-state index is 0.229. The summed E-state index contributed by atoms with van der Waals surface area (Å²) >= 11 is 5.07. The predicted molar refractivity (Wildman–Crippen MR) is 69.3 cm³/mol. The van der Waals surface area contributed by atoms with Gasteiger partial charge in [0.2, 0.25) is 5.91 Å². The smallest absolute Gasteiger partial charge is 0.222 e. The molecular formula is C11H21N3OS. The van der Waals surface area contributed by atoms with E-state index in [1.807, 2.05) is 25.7 Å². The van der Waals surface area contributed by atoms with Crippen molar-refractivity contribution in [1.29, 1.82) is 0 Å². The molecule has 4 nitrogen and oxygen atoms in total. The molecule has 2 N–H and O–H groups in total. The Labute approximate surface area is 103 Å². The molecule has 1 aliphatic heterocycles. The first kappa shape index (κ1) is 13.4. The van der Waals surface area contributed by atoms with Gasteiger partial charge >= 0.3 is 0 Å². The van der Waals surface area contributed by atoms with Crippen LogP contribution in [0.4, 0.5) is 0 Å². The number of hydrogen-bond donors (Lipinski definition) is 1. The molecule has 5 heteroatoms. The van der Waals surface area contributed by atoms with Gasteiger partial charge in [0.25, 0.3) is 0 Å². The molecule has 16 heavy (non-hydrogen) atoms. The normalized spacial score (nSPS) is 18.6. The Morgan fingerprint density at radius 2 is 1.81 bits per heavy atom. The van der Waals surface area contributed by atoms with E-state index in [9.17, 15) is 4.79 Å². The van der Waals surface area contributed by atoms with Gasteiger partial charge in [0.05, 0.1) is 10.5 Å². The molecule has 0 radical (unpaired) electrons. The van der Waals surface area contributed by atoms with Crippen molar-refractivity contribution in [3.8, 4) is 0 Å². The molecule has 1 aliphatic rings. The predicted octanol–water partition coefficient (Wildman–Crippen LogP) is 0.605. The van der Waals surface area contributed by atoms with Gasteiger partial charge in [-0.05, 0) is 13.8 Å². The molecule has 0 aromatic carbocycles. The minimum Gasteiger partial charge on any atom is -0.392 e. The average Bonchev–Trinajstić information content (AvgIpc) is 2.28. The largest absolute Gasteiger partial charge is 0.392 e. The summed E-state index contributed by atoms with van der Waals surface area (Å²) in [4.78, 5) is 16.2. The molecule has 1 fully saturated rings. The highest BCUT2D eigenvalue weighted by atomic mass is 32.1. The van der Waals surface area contributed by atoms with E-state index in [1.54, 1.807) is 0 Å². The molecular weight excluding hydrogens is 222 g/mol. The second-order valence-corrected chi connectivity index (χ2v) is 5.08. The van der Waals surface area contributed by atoms with Crippen molar-refractivity contribution in [3.63, 3.8) is 0 Å². The fourth-order valence-corrected chi connectivity index (χ4v) is 2.02. The third kappa shape index (κ3) is 2.71. The van der Waals surface area contributed by atoms with Crippen molar-refractivity contribution < 1.29 is 4.79 Å². The van der Waals surface area contributed by atoms with Gasteiger partial charge in [0, 0.05) is 32.6 Å². The van der Waals surface area contributed by atoms with E-state index in [2.05, 4.69) is 4.90 Å². The Bertz CT molecular complexity index is 283. The summed E-state index contributed by atoms with van der Waals surface area (Å²) in [7, 11) is 0. The molecule has 1 saturated heterocycles. The van der Waals surface area contributed by atoms with Gasteiger partial charge in [-0.3, -0.25) is 9.69 Å². The van der Waals surface area contributed by atoms with Crippen LogP contribution in [-0.2, 0) is 4.79 Å². The van der Waals surface area contributed by atoms with E-state index >= 15 is 0 Å². The Balaban J connectivity index is 2.55. The van der Waals surface area contributed by atoms with E-state index in [0.29, 0.717) is 11.4 Å². The van der Waals surface area contributed by atoms with Crippen LogP contribution < -0.4 is 5.73 Å². The molecule has 0 atom stereocenters. The zero-order valence-electron chi connectivity index (χ0n) is 10.3. The highest BCUT2D eigenvalue weighted by molar-refractivity contribution is 7.80. The molecule has 0 aliphatic carbocycles. The first-order valence-electron chi connectivity index (χ1n) is 5.72. The lowest BCUT2D eigenvalue weighted by atomic mass is 10.0. The average molecular weight is 243 g/mol. The van der Waals surface area contributed by atoms with Gasteiger partial charge < -0.3 is 10.6 Å². The number of rotatable bonds is 3. The maximum Gasteiger partial charge on any atom is 0.222 e. The van der Waals surface area contributed by atoms with E-state index < -0.39 is 0 Å². The first-order chi connectivity index (χ1) is 7.39. The number of carbonyl (C=O) groups excluding carboxylic acids is 1. The number of amides is 1. The molecule has 1 rings (SSSR count). The maximum atomic E-state index is 11.5. The second kappa shape index (κ2) is 5.10. The fourth-order valence-electron chi connectivity index (χ4n) is 1.89. The summed E-state index contributed by atoms with van der Waals surface area (Å²) in [5.74, 6) is 0.229. The zero-order chi connectivity index (χ0) is 12.3. The van der Waals surface area contributed by atoms with Crippen LogP contribution in [0.3, 0.4) is 0 Å². The monoisotopic (exact) mass is 243 g/mol. The van der Waals surface area contributed by atoms with Gasteiger partial charge in [-0.2, -0.15) is 0 Å². The van der Waals surface area contributed by atoms with E-state index in [-0.39, 0.29) is 11.4 Å². The maximum absolute atomic E-state index is 11.5. The molecule has 0 saturated carbocycles. The summed E-state index contributed by atoms with van der Waals surface area (Å²) in [6.07, 6.45) is 0.582. The number of hydrogen-bond acceptors (Lipinski definition) is 3. The topological polar surface area (TPSA) is 49.6 Å². The summed E-state index contributed by atoms with van der Waals surface area (Å²) in [6.45, 7) is 9.20. The Morgan fingerprint density at radius 1 is 1.31 bits per heavy atom. The van der Waals surface area contributed by atoms with Crippen molar-refractivity contribution in [1.82, 2.24) is 9.80 Å². The lowest BCUT2D eigenvalue weighted by Crippen LogP contribution is -2.59. The van der Waals surface area contributed by atoms with Crippen LogP contribution in [0.25, 0.3) is 0 Å². The van der Waals surface area contributed by atoms with Crippen molar-refractivity contribution in [2.24, 2.45) is 5.73 Å². The van der Waals surface area contributed by atoms with Crippen LogP contribution in [0.5, 0.6) is 0 Å². The highest BCUT2D eigenvalue weighted by Gasteiger charge is 2.32. The van der Waals surface area contributed by atoms with E-state index in [0.717, 1.165) is 26.2 Å².